The Labute approximate surface area is 144 Å². The van der Waals surface area contributed by atoms with E-state index in [-0.39, 0.29) is 17.4 Å². The molecule has 0 bridgehead atoms. The molecule has 1 saturated carbocycles. The third-order valence-corrected chi connectivity index (χ3v) is 5.53. The van der Waals surface area contributed by atoms with E-state index in [4.69, 9.17) is 5.73 Å². The number of aryl methyl sites for hydroxylation is 1. The molecule has 0 spiro atoms. The molecule has 1 aliphatic carbocycles. The van der Waals surface area contributed by atoms with E-state index in [2.05, 4.69) is 41.6 Å². The van der Waals surface area contributed by atoms with Crippen LogP contribution in [0.1, 0.15) is 50.7 Å². The van der Waals surface area contributed by atoms with Crippen LogP contribution in [0.3, 0.4) is 0 Å². The molecule has 0 radical (unpaired) electrons. The van der Waals surface area contributed by atoms with Gasteiger partial charge in [-0.15, -0.1) is 0 Å². The van der Waals surface area contributed by atoms with Crippen molar-refractivity contribution in [1.82, 2.24) is 10.3 Å². The standard InChI is InChI=1S/C20H29N3O/c1-3-14-7-6-8-16-15(13-23-18(14)16)10-12-22-19(24)17-9-4-5-11-20(17,2)21/h6-8,13,17,23H,3-5,9-12,21H2,1-2H3,(H,22,24). The Morgan fingerprint density at radius 1 is 1.38 bits per heavy atom. The number of amides is 1. The van der Waals surface area contributed by atoms with E-state index in [0.29, 0.717) is 6.54 Å². The molecule has 1 heterocycles. The number of carbonyl (C=O) groups is 1. The summed E-state index contributed by atoms with van der Waals surface area (Å²) in [5.41, 5.74) is 9.79. The molecule has 24 heavy (non-hydrogen) atoms. The van der Waals surface area contributed by atoms with Crippen molar-refractivity contribution in [2.45, 2.75) is 57.9 Å². The summed E-state index contributed by atoms with van der Waals surface area (Å²) in [5.74, 6) is 0.0645. The molecule has 130 valence electrons. The van der Waals surface area contributed by atoms with Crippen LogP contribution in [0.5, 0.6) is 0 Å². The third kappa shape index (κ3) is 3.34. The molecule has 0 saturated heterocycles. The van der Waals surface area contributed by atoms with Crippen LogP contribution < -0.4 is 11.1 Å². The summed E-state index contributed by atoms with van der Waals surface area (Å²) in [5, 5.41) is 4.38. The average Bonchev–Trinajstić information content (AvgIpc) is 2.97. The van der Waals surface area contributed by atoms with Crippen molar-refractivity contribution in [3.63, 3.8) is 0 Å². The molecule has 1 aromatic carbocycles. The van der Waals surface area contributed by atoms with Crippen molar-refractivity contribution >= 4 is 16.8 Å². The van der Waals surface area contributed by atoms with Gasteiger partial charge in [-0.05, 0) is 43.7 Å². The Balaban J connectivity index is 1.61. The summed E-state index contributed by atoms with van der Waals surface area (Å²) < 4.78 is 0. The highest BCUT2D eigenvalue weighted by atomic mass is 16.1. The summed E-state index contributed by atoms with van der Waals surface area (Å²) in [4.78, 5) is 15.9. The number of hydrogen-bond donors (Lipinski definition) is 3. The number of rotatable bonds is 5. The second-order valence-corrected chi connectivity index (χ2v) is 7.35. The lowest BCUT2D eigenvalue weighted by Gasteiger charge is -2.37. The van der Waals surface area contributed by atoms with E-state index >= 15 is 0 Å². The zero-order valence-corrected chi connectivity index (χ0v) is 14.8. The van der Waals surface area contributed by atoms with Gasteiger partial charge in [0.15, 0.2) is 0 Å². The first kappa shape index (κ1) is 17.0. The van der Waals surface area contributed by atoms with Crippen LogP contribution in [-0.2, 0) is 17.6 Å². The van der Waals surface area contributed by atoms with E-state index < -0.39 is 0 Å². The number of aromatic amines is 1. The Morgan fingerprint density at radius 2 is 2.21 bits per heavy atom. The maximum absolute atomic E-state index is 12.5. The summed E-state index contributed by atoms with van der Waals surface area (Å²) >= 11 is 0. The number of para-hydroxylation sites is 1. The Kier molecular flexibility index (Phi) is 4.95. The van der Waals surface area contributed by atoms with E-state index in [0.717, 1.165) is 38.5 Å². The minimum atomic E-state index is -0.362. The number of nitrogens with two attached hydrogens (primary N) is 1. The smallest absolute Gasteiger partial charge is 0.224 e. The third-order valence-electron chi connectivity index (χ3n) is 5.53. The molecule has 2 unspecified atom stereocenters. The summed E-state index contributed by atoms with van der Waals surface area (Å²) in [6.45, 7) is 4.85. The molecule has 1 aliphatic rings. The minimum absolute atomic E-state index is 0.0547. The molecule has 3 rings (SSSR count). The van der Waals surface area contributed by atoms with Gasteiger partial charge in [-0.3, -0.25) is 4.79 Å². The molecule has 1 aromatic heterocycles. The maximum atomic E-state index is 12.5. The van der Waals surface area contributed by atoms with Gasteiger partial charge in [0.1, 0.15) is 0 Å². The van der Waals surface area contributed by atoms with E-state index in [1.165, 1.54) is 22.0 Å². The molecule has 2 atom stereocenters. The van der Waals surface area contributed by atoms with Crippen molar-refractivity contribution in [1.29, 1.82) is 0 Å². The van der Waals surface area contributed by atoms with Gasteiger partial charge in [0.25, 0.3) is 0 Å². The largest absolute Gasteiger partial charge is 0.361 e. The Morgan fingerprint density at radius 3 is 2.96 bits per heavy atom. The van der Waals surface area contributed by atoms with Gasteiger partial charge in [-0.2, -0.15) is 0 Å². The molecule has 4 heteroatoms. The van der Waals surface area contributed by atoms with Crippen LogP contribution in [0.15, 0.2) is 24.4 Å². The van der Waals surface area contributed by atoms with Crippen molar-refractivity contribution in [2.24, 2.45) is 11.7 Å². The Hall–Kier alpha value is -1.81. The monoisotopic (exact) mass is 327 g/mol. The lowest BCUT2D eigenvalue weighted by molar-refractivity contribution is -0.128. The van der Waals surface area contributed by atoms with Crippen molar-refractivity contribution in [3.8, 4) is 0 Å². The fourth-order valence-corrected chi connectivity index (χ4v) is 4.01. The highest BCUT2D eigenvalue weighted by Gasteiger charge is 2.37. The van der Waals surface area contributed by atoms with Crippen molar-refractivity contribution < 1.29 is 4.79 Å². The molecule has 2 aromatic rings. The number of fused-ring (bicyclic) bond motifs is 1. The molecule has 4 nitrogen and oxygen atoms in total. The van der Waals surface area contributed by atoms with Gasteiger partial charge in [-0.1, -0.05) is 38.0 Å². The second-order valence-electron chi connectivity index (χ2n) is 7.35. The first-order valence-electron chi connectivity index (χ1n) is 9.17. The molecule has 0 aliphatic heterocycles. The van der Waals surface area contributed by atoms with Crippen molar-refractivity contribution in [3.05, 3.63) is 35.5 Å². The lowest BCUT2D eigenvalue weighted by atomic mass is 9.74. The second kappa shape index (κ2) is 6.98. The van der Waals surface area contributed by atoms with Gasteiger partial charge in [0, 0.05) is 29.2 Å². The summed E-state index contributed by atoms with van der Waals surface area (Å²) in [7, 11) is 0. The highest BCUT2D eigenvalue weighted by Crippen LogP contribution is 2.31. The number of carbonyl (C=O) groups excluding carboxylic acids is 1. The zero-order valence-electron chi connectivity index (χ0n) is 14.8. The molecular formula is C20H29N3O. The van der Waals surface area contributed by atoms with Gasteiger partial charge >= 0.3 is 0 Å². The molecule has 1 amide bonds. The maximum Gasteiger partial charge on any atom is 0.224 e. The normalized spacial score (nSPS) is 24.2. The molecular weight excluding hydrogens is 298 g/mol. The van der Waals surface area contributed by atoms with E-state index in [1.807, 2.05) is 6.92 Å². The zero-order chi connectivity index (χ0) is 17.2. The number of aromatic nitrogens is 1. The molecule has 4 N–H and O–H groups in total. The van der Waals surface area contributed by atoms with Crippen LogP contribution in [0, 0.1) is 5.92 Å². The quantitative estimate of drug-likeness (QED) is 0.788. The number of nitrogens with one attached hydrogen (secondary N) is 2. The highest BCUT2D eigenvalue weighted by molar-refractivity contribution is 5.86. The predicted molar refractivity (Wildman–Crippen MR) is 98.9 cm³/mol. The Bertz CT molecular complexity index is 717. The van der Waals surface area contributed by atoms with Crippen molar-refractivity contribution in [2.75, 3.05) is 6.54 Å². The SMILES string of the molecule is CCc1cccc2c(CCNC(=O)C3CCCCC3(C)N)c[nH]c12. The number of hydrogen-bond acceptors (Lipinski definition) is 2. The fraction of sp³-hybridized carbons (Fsp3) is 0.550. The number of benzene rings is 1. The topological polar surface area (TPSA) is 70.9 Å². The first-order valence-corrected chi connectivity index (χ1v) is 9.17. The van der Waals surface area contributed by atoms with Gasteiger partial charge in [0.05, 0.1) is 5.92 Å². The van der Waals surface area contributed by atoms with E-state index in [1.54, 1.807) is 0 Å². The average molecular weight is 327 g/mol. The van der Waals surface area contributed by atoms with Crippen LogP contribution in [-0.4, -0.2) is 23.0 Å². The summed E-state index contributed by atoms with van der Waals surface area (Å²) in [6.07, 6.45) is 8.01. The minimum Gasteiger partial charge on any atom is -0.361 e. The van der Waals surface area contributed by atoms with E-state index in [9.17, 15) is 4.79 Å². The van der Waals surface area contributed by atoms with Crippen LogP contribution >= 0.6 is 0 Å². The molecule has 1 fully saturated rings. The van der Waals surface area contributed by atoms with Crippen LogP contribution in [0.2, 0.25) is 0 Å². The predicted octanol–water partition coefficient (Wildman–Crippen LogP) is 3.30. The first-order chi connectivity index (χ1) is 11.5. The lowest BCUT2D eigenvalue weighted by Crippen LogP contribution is -2.53. The number of H-pyrrole nitrogens is 1. The van der Waals surface area contributed by atoms with Gasteiger partial charge < -0.3 is 16.0 Å². The van der Waals surface area contributed by atoms with Crippen LogP contribution in [0.25, 0.3) is 10.9 Å². The van der Waals surface area contributed by atoms with Gasteiger partial charge in [-0.25, -0.2) is 0 Å². The van der Waals surface area contributed by atoms with Gasteiger partial charge in [0.2, 0.25) is 5.91 Å². The fourth-order valence-electron chi connectivity index (χ4n) is 4.01. The van der Waals surface area contributed by atoms with Crippen LogP contribution in [0.4, 0.5) is 0 Å². The summed E-state index contributed by atoms with van der Waals surface area (Å²) in [6, 6.07) is 6.43.